The van der Waals surface area contributed by atoms with Crippen molar-refractivity contribution >= 4 is 11.6 Å². The summed E-state index contributed by atoms with van der Waals surface area (Å²) < 4.78 is 5.48. The van der Waals surface area contributed by atoms with Gasteiger partial charge in [-0.2, -0.15) is 4.98 Å². The molecule has 8 heteroatoms. The summed E-state index contributed by atoms with van der Waals surface area (Å²) in [6.07, 6.45) is 3.93. The number of nitro groups is 1. The first-order valence-corrected chi connectivity index (χ1v) is 6.46. The van der Waals surface area contributed by atoms with Crippen molar-refractivity contribution in [3.63, 3.8) is 0 Å². The van der Waals surface area contributed by atoms with E-state index in [9.17, 15) is 10.1 Å². The second kappa shape index (κ2) is 6.60. The standard InChI is InChI=1S/C13H15N5O3/c1-3-6-15-13-16-9(2)11(18(19)20)12(17-13)21-10-5-4-7-14-8-10/h4-5,7-8H,3,6H2,1-2H3,(H,15,16,17). The second-order valence-electron chi connectivity index (χ2n) is 4.26. The predicted octanol–water partition coefficient (Wildman–Crippen LogP) is 2.70. The molecule has 0 saturated carbocycles. The molecule has 0 atom stereocenters. The maximum absolute atomic E-state index is 11.2. The number of hydrogen-bond donors (Lipinski definition) is 1. The van der Waals surface area contributed by atoms with Gasteiger partial charge in [0.25, 0.3) is 0 Å². The molecule has 0 aromatic carbocycles. The minimum Gasteiger partial charge on any atom is -0.432 e. The highest BCUT2D eigenvalue weighted by Gasteiger charge is 2.24. The number of aryl methyl sites for hydroxylation is 1. The lowest BCUT2D eigenvalue weighted by atomic mass is 10.3. The average molecular weight is 289 g/mol. The SMILES string of the molecule is CCCNc1nc(C)c([N+](=O)[O-])c(Oc2cccnc2)n1. The highest BCUT2D eigenvalue weighted by molar-refractivity contribution is 5.50. The Balaban J connectivity index is 2.39. The Bertz CT molecular complexity index is 633. The molecule has 8 nitrogen and oxygen atoms in total. The molecule has 0 bridgehead atoms. The Labute approximate surface area is 121 Å². The van der Waals surface area contributed by atoms with Crippen molar-refractivity contribution in [1.29, 1.82) is 0 Å². The molecule has 0 aliphatic rings. The van der Waals surface area contributed by atoms with Gasteiger partial charge in [0.05, 0.1) is 11.1 Å². The van der Waals surface area contributed by atoms with Gasteiger partial charge in [-0.1, -0.05) is 6.92 Å². The van der Waals surface area contributed by atoms with Crippen LogP contribution in [0.3, 0.4) is 0 Å². The molecule has 0 amide bonds. The van der Waals surface area contributed by atoms with Crippen molar-refractivity contribution in [2.24, 2.45) is 0 Å². The van der Waals surface area contributed by atoms with Gasteiger partial charge in [-0.3, -0.25) is 15.1 Å². The van der Waals surface area contributed by atoms with Crippen molar-refractivity contribution in [2.75, 3.05) is 11.9 Å². The first-order chi connectivity index (χ1) is 10.1. The highest BCUT2D eigenvalue weighted by atomic mass is 16.6. The van der Waals surface area contributed by atoms with Crippen molar-refractivity contribution in [1.82, 2.24) is 15.0 Å². The smallest absolute Gasteiger partial charge is 0.352 e. The fourth-order valence-corrected chi connectivity index (χ4v) is 1.66. The van der Waals surface area contributed by atoms with E-state index in [1.807, 2.05) is 6.92 Å². The lowest BCUT2D eigenvalue weighted by Crippen LogP contribution is -2.08. The summed E-state index contributed by atoms with van der Waals surface area (Å²) in [6, 6.07) is 3.32. The number of nitrogens with zero attached hydrogens (tertiary/aromatic N) is 4. The van der Waals surface area contributed by atoms with Crippen molar-refractivity contribution in [3.05, 3.63) is 40.3 Å². The molecule has 0 spiro atoms. The number of ether oxygens (including phenoxy) is 1. The van der Waals surface area contributed by atoms with Gasteiger partial charge in [-0.05, 0) is 25.5 Å². The fraction of sp³-hybridized carbons (Fsp3) is 0.308. The van der Waals surface area contributed by atoms with Crippen LogP contribution >= 0.6 is 0 Å². The Hall–Kier alpha value is -2.77. The van der Waals surface area contributed by atoms with Crippen LogP contribution in [-0.4, -0.2) is 26.4 Å². The summed E-state index contributed by atoms with van der Waals surface area (Å²) in [5.41, 5.74) is -0.00612. The molecule has 2 rings (SSSR count). The molecule has 0 fully saturated rings. The van der Waals surface area contributed by atoms with Crippen LogP contribution in [0.1, 0.15) is 19.0 Å². The van der Waals surface area contributed by atoms with Gasteiger partial charge in [-0.25, -0.2) is 4.98 Å². The first kappa shape index (κ1) is 14.6. The first-order valence-electron chi connectivity index (χ1n) is 6.46. The van der Waals surface area contributed by atoms with Gasteiger partial charge in [0, 0.05) is 12.7 Å². The van der Waals surface area contributed by atoms with Crippen LogP contribution in [-0.2, 0) is 0 Å². The van der Waals surface area contributed by atoms with E-state index in [0.29, 0.717) is 18.2 Å². The maximum Gasteiger partial charge on any atom is 0.352 e. The van der Waals surface area contributed by atoms with E-state index < -0.39 is 4.92 Å². The van der Waals surface area contributed by atoms with Crippen LogP contribution in [0, 0.1) is 17.0 Å². The van der Waals surface area contributed by atoms with Crippen molar-refractivity contribution < 1.29 is 9.66 Å². The lowest BCUT2D eigenvalue weighted by molar-refractivity contribution is -0.386. The van der Waals surface area contributed by atoms with Gasteiger partial charge in [0.1, 0.15) is 11.4 Å². The number of pyridine rings is 1. The average Bonchev–Trinajstić information content (AvgIpc) is 2.45. The molecular weight excluding hydrogens is 274 g/mol. The Kier molecular flexibility index (Phi) is 4.60. The summed E-state index contributed by atoms with van der Waals surface area (Å²) in [5, 5.41) is 14.2. The minimum atomic E-state index is -0.551. The molecule has 110 valence electrons. The summed E-state index contributed by atoms with van der Waals surface area (Å²) in [5.74, 6) is 0.582. The van der Waals surface area contributed by atoms with Gasteiger partial charge >= 0.3 is 11.6 Å². The molecule has 0 radical (unpaired) electrons. The van der Waals surface area contributed by atoms with Gasteiger partial charge in [-0.15, -0.1) is 0 Å². The van der Waals surface area contributed by atoms with Gasteiger partial charge in [0.2, 0.25) is 5.95 Å². The third-order valence-corrected chi connectivity index (χ3v) is 2.59. The summed E-state index contributed by atoms with van der Waals surface area (Å²) in [4.78, 5) is 22.7. The fourth-order valence-electron chi connectivity index (χ4n) is 1.66. The van der Waals surface area contributed by atoms with E-state index >= 15 is 0 Å². The van der Waals surface area contributed by atoms with E-state index in [0.717, 1.165) is 6.42 Å². The molecule has 2 aromatic heterocycles. The van der Waals surface area contributed by atoms with E-state index in [1.165, 1.54) is 6.20 Å². The largest absolute Gasteiger partial charge is 0.432 e. The molecular formula is C13H15N5O3. The Morgan fingerprint density at radius 3 is 2.86 bits per heavy atom. The van der Waals surface area contributed by atoms with Crippen LogP contribution in [0.25, 0.3) is 0 Å². The summed E-state index contributed by atoms with van der Waals surface area (Å²) >= 11 is 0. The third-order valence-electron chi connectivity index (χ3n) is 2.59. The number of anilines is 1. The second-order valence-corrected chi connectivity index (χ2v) is 4.26. The predicted molar refractivity (Wildman–Crippen MR) is 76.5 cm³/mol. The lowest BCUT2D eigenvalue weighted by Gasteiger charge is -2.09. The van der Waals surface area contributed by atoms with Crippen LogP contribution in [0.15, 0.2) is 24.5 Å². The molecule has 2 aromatic rings. The molecule has 21 heavy (non-hydrogen) atoms. The third kappa shape index (κ3) is 3.62. The normalized spacial score (nSPS) is 10.2. The zero-order valence-corrected chi connectivity index (χ0v) is 11.7. The zero-order valence-electron chi connectivity index (χ0n) is 11.7. The number of hydrogen-bond acceptors (Lipinski definition) is 7. The van der Waals surface area contributed by atoms with Gasteiger partial charge < -0.3 is 10.1 Å². The zero-order chi connectivity index (χ0) is 15.2. The molecule has 0 saturated heterocycles. The minimum absolute atomic E-state index is 0.0981. The highest BCUT2D eigenvalue weighted by Crippen LogP contribution is 2.32. The van der Waals surface area contributed by atoms with E-state index in [4.69, 9.17) is 4.74 Å². The molecule has 0 unspecified atom stereocenters. The van der Waals surface area contributed by atoms with Crippen LogP contribution in [0.2, 0.25) is 0 Å². The quantitative estimate of drug-likeness (QED) is 0.644. The molecule has 0 aliphatic carbocycles. The Morgan fingerprint density at radius 2 is 2.24 bits per heavy atom. The monoisotopic (exact) mass is 289 g/mol. The summed E-state index contributed by atoms with van der Waals surface area (Å²) in [7, 11) is 0. The van der Waals surface area contributed by atoms with E-state index in [1.54, 1.807) is 25.3 Å². The molecule has 0 aliphatic heterocycles. The topological polar surface area (TPSA) is 103 Å². The molecule has 1 N–H and O–H groups in total. The van der Waals surface area contributed by atoms with Crippen molar-refractivity contribution in [3.8, 4) is 11.6 Å². The number of aromatic nitrogens is 3. The number of rotatable bonds is 6. The van der Waals surface area contributed by atoms with Crippen molar-refractivity contribution in [2.45, 2.75) is 20.3 Å². The summed E-state index contributed by atoms with van der Waals surface area (Å²) in [6.45, 7) is 4.22. The van der Waals surface area contributed by atoms with Crippen LogP contribution in [0.4, 0.5) is 11.6 Å². The van der Waals surface area contributed by atoms with Gasteiger partial charge in [0.15, 0.2) is 0 Å². The van der Waals surface area contributed by atoms with E-state index in [-0.39, 0.29) is 17.3 Å². The van der Waals surface area contributed by atoms with Crippen LogP contribution in [0.5, 0.6) is 11.6 Å². The van der Waals surface area contributed by atoms with E-state index in [2.05, 4.69) is 20.3 Å². The number of nitrogens with one attached hydrogen (secondary N) is 1. The molecule has 2 heterocycles. The van der Waals surface area contributed by atoms with Crippen LogP contribution < -0.4 is 10.1 Å². The Morgan fingerprint density at radius 1 is 1.43 bits per heavy atom. The maximum atomic E-state index is 11.2.